The second kappa shape index (κ2) is 7.39. The average Bonchev–Trinajstić information content (AvgIpc) is 3.08. The molecule has 0 bridgehead atoms. The lowest BCUT2D eigenvalue weighted by molar-refractivity contribution is -0.138. The second-order valence-electron chi connectivity index (χ2n) is 6.31. The van der Waals surface area contributed by atoms with E-state index in [0.29, 0.717) is 37.0 Å². The van der Waals surface area contributed by atoms with E-state index in [2.05, 4.69) is 10.1 Å². The van der Waals surface area contributed by atoms with Gasteiger partial charge >= 0.3 is 0 Å². The van der Waals surface area contributed by atoms with Crippen LogP contribution in [0.4, 0.5) is 0 Å². The third-order valence-electron chi connectivity index (χ3n) is 4.38. The number of likely N-dealkylation sites (tertiary alicyclic amines) is 1. The van der Waals surface area contributed by atoms with Crippen molar-refractivity contribution in [2.24, 2.45) is 0 Å². The lowest BCUT2D eigenvalue weighted by atomic mass is 10.0. The first kappa shape index (κ1) is 16.3. The first-order valence-corrected chi connectivity index (χ1v) is 8.60. The Balaban J connectivity index is 1.26. The normalized spacial score (nSPS) is 14.1. The van der Waals surface area contributed by atoms with Gasteiger partial charge in [-0.3, -0.25) is 4.79 Å². The van der Waals surface area contributed by atoms with Crippen LogP contribution >= 0.6 is 0 Å². The third kappa shape index (κ3) is 3.74. The van der Waals surface area contributed by atoms with Crippen LogP contribution in [0.25, 0.3) is 0 Å². The summed E-state index contributed by atoms with van der Waals surface area (Å²) in [7, 11) is 0. The SMILES string of the molecule is O=C(COc1ccccc1)N1CC(c2nc(Cc3ccccc3)no2)C1. The second-order valence-corrected chi connectivity index (χ2v) is 6.31. The van der Waals surface area contributed by atoms with Crippen molar-refractivity contribution in [3.63, 3.8) is 0 Å². The van der Waals surface area contributed by atoms with Gasteiger partial charge in [-0.15, -0.1) is 0 Å². The topological polar surface area (TPSA) is 68.5 Å². The van der Waals surface area contributed by atoms with E-state index < -0.39 is 0 Å². The van der Waals surface area contributed by atoms with Crippen LogP contribution < -0.4 is 4.74 Å². The fourth-order valence-corrected chi connectivity index (χ4v) is 2.88. The van der Waals surface area contributed by atoms with Crippen molar-refractivity contribution in [1.29, 1.82) is 0 Å². The molecule has 1 aliphatic rings. The van der Waals surface area contributed by atoms with Crippen molar-refractivity contribution in [2.75, 3.05) is 19.7 Å². The molecule has 2 heterocycles. The molecule has 1 amide bonds. The Morgan fingerprint density at radius 2 is 1.77 bits per heavy atom. The number of carbonyl (C=O) groups excluding carboxylic acids is 1. The van der Waals surface area contributed by atoms with Gasteiger partial charge in [-0.25, -0.2) is 0 Å². The molecular weight excluding hydrogens is 330 g/mol. The maximum absolute atomic E-state index is 12.2. The Morgan fingerprint density at radius 1 is 1.08 bits per heavy atom. The maximum Gasteiger partial charge on any atom is 0.260 e. The van der Waals surface area contributed by atoms with E-state index in [-0.39, 0.29) is 18.4 Å². The molecule has 132 valence electrons. The zero-order chi connectivity index (χ0) is 17.8. The molecule has 2 aromatic carbocycles. The number of rotatable bonds is 6. The monoisotopic (exact) mass is 349 g/mol. The summed E-state index contributed by atoms with van der Waals surface area (Å²) < 4.78 is 10.9. The molecule has 0 N–H and O–H groups in total. The van der Waals surface area contributed by atoms with Crippen LogP contribution in [-0.2, 0) is 11.2 Å². The van der Waals surface area contributed by atoms with Crippen LogP contribution in [0.15, 0.2) is 65.2 Å². The molecule has 1 fully saturated rings. The molecular formula is C20H19N3O3. The quantitative estimate of drug-likeness (QED) is 0.684. The summed E-state index contributed by atoms with van der Waals surface area (Å²) in [6.45, 7) is 1.22. The standard InChI is InChI=1S/C20H19N3O3/c24-19(14-25-17-9-5-2-6-10-17)23-12-16(13-23)20-21-18(22-26-20)11-15-7-3-1-4-8-15/h1-10,16H,11-14H2. The van der Waals surface area contributed by atoms with E-state index in [9.17, 15) is 4.79 Å². The molecule has 0 unspecified atom stereocenters. The largest absolute Gasteiger partial charge is 0.484 e. The fourth-order valence-electron chi connectivity index (χ4n) is 2.88. The molecule has 0 radical (unpaired) electrons. The van der Waals surface area contributed by atoms with Crippen molar-refractivity contribution >= 4 is 5.91 Å². The molecule has 0 saturated carbocycles. The summed E-state index contributed by atoms with van der Waals surface area (Å²) in [5.74, 6) is 2.04. The Kier molecular flexibility index (Phi) is 4.64. The summed E-state index contributed by atoms with van der Waals surface area (Å²) in [6, 6.07) is 19.4. The minimum atomic E-state index is -0.0332. The molecule has 26 heavy (non-hydrogen) atoms. The lowest BCUT2D eigenvalue weighted by Crippen LogP contribution is -2.50. The van der Waals surface area contributed by atoms with Gasteiger partial charge in [-0.1, -0.05) is 53.7 Å². The molecule has 0 spiro atoms. The molecule has 4 rings (SSSR count). The minimum absolute atomic E-state index is 0.0332. The van der Waals surface area contributed by atoms with Gasteiger partial charge in [-0.2, -0.15) is 4.98 Å². The number of carbonyl (C=O) groups is 1. The summed E-state index contributed by atoms with van der Waals surface area (Å²) in [5.41, 5.74) is 1.14. The van der Waals surface area contributed by atoms with Crippen LogP contribution in [0.1, 0.15) is 23.2 Å². The molecule has 0 aliphatic carbocycles. The lowest BCUT2D eigenvalue weighted by Gasteiger charge is -2.36. The predicted molar refractivity (Wildman–Crippen MR) is 94.8 cm³/mol. The average molecular weight is 349 g/mol. The van der Waals surface area contributed by atoms with Gasteiger partial charge in [0.05, 0.1) is 5.92 Å². The van der Waals surface area contributed by atoms with Crippen molar-refractivity contribution < 1.29 is 14.1 Å². The van der Waals surface area contributed by atoms with Gasteiger partial charge in [0.2, 0.25) is 5.89 Å². The van der Waals surface area contributed by atoms with Gasteiger partial charge < -0.3 is 14.2 Å². The van der Waals surface area contributed by atoms with Crippen molar-refractivity contribution in [2.45, 2.75) is 12.3 Å². The zero-order valence-corrected chi connectivity index (χ0v) is 14.2. The van der Waals surface area contributed by atoms with E-state index in [1.165, 1.54) is 0 Å². The van der Waals surface area contributed by atoms with Crippen LogP contribution in [0.5, 0.6) is 5.75 Å². The highest BCUT2D eigenvalue weighted by atomic mass is 16.5. The molecule has 1 saturated heterocycles. The van der Waals surface area contributed by atoms with E-state index in [1.54, 1.807) is 4.90 Å². The Labute approximate surface area is 151 Å². The summed E-state index contributed by atoms with van der Waals surface area (Å²) >= 11 is 0. The van der Waals surface area contributed by atoms with Gasteiger partial charge in [0.25, 0.3) is 5.91 Å². The van der Waals surface area contributed by atoms with Gasteiger partial charge in [0, 0.05) is 19.5 Å². The summed E-state index contributed by atoms with van der Waals surface area (Å²) in [6.07, 6.45) is 0.643. The highest BCUT2D eigenvalue weighted by molar-refractivity contribution is 5.78. The van der Waals surface area contributed by atoms with Gasteiger partial charge in [-0.05, 0) is 17.7 Å². The van der Waals surface area contributed by atoms with Crippen LogP contribution in [-0.4, -0.2) is 40.6 Å². The summed E-state index contributed by atoms with van der Waals surface area (Å²) in [5, 5.41) is 4.05. The van der Waals surface area contributed by atoms with Crippen molar-refractivity contribution in [1.82, 2.24) is 15.0 Å². The highest BCUT2D eigenvalue weighted by Gasteiger charge is 2.35. The van der Waals surface area contributed by atoms with Crippen molar-refractivity contribution in [3.05, 3.63) is 77.9 Å². The first-order valence-electron chi connectivity index (χ1n) is 8.60. The molecule has 1 aliphatic heterocycles. The number of benzene rings is 2. The van der Waals surface area contributed by atoms with Crippen LogP contribution in [0.2, 0.25) is 0 Å². The fraction of sp³-hybridized carbons (Fsp3) is 0.250. The number of aromatic nitrogens is 2. The van der Waals surface area contributed by atoms with E-state index >= 15 is 0 Å². The zero-order valence-electron chi connectivity index (χ0n) is 14.2. The highest BCUT2D eigenvalue weighted by Crippen LogP contribution is 2.26. The van der Waals surface area contributed by atoms with E-state index in [4.69, 9.17) is 9.26 Å². The number of hydrogen-bond donors (Lipinski definition) is 0. The number of nitrogens with zero attached hydrogens (tertiary/aromatic N) is 3. The molecule has 6 heteroatoms. The molecule has 3 aromatic rings. The molecule has 6 nitrogen and oxygen atoms in total. The maximum atomic E-state index is 12.2. The Bertz CT molecular complexity index is 858. The number of ether oxygens (including phenoxy) is 1. The van der Waals surface area contributed by atoms with E-state index in [0.717, 1.165) is 5.56 Å². The number of hydrogen-bond acceptors (Lipinski definition) is 5. The third-order valence-corrected chi connectivity index (χ3v) is 4.38. The van der Waals surface area contributed by atoms with Gasteiger partial charge in [0.15, 0.2) is 12.4 Å². The molecule has 0 atom stereocenters. The predicted octanol–water partition coefficient (Wildman–Crippen LogP) is 2.67. The van der Waals surface area contributed by atoms with Gasteiger partial charge in [0.1, 0.15) is 5.75 Å². The Hall–Kier alpha value is -3.15. The number of amides is 1. The number of para-hydroxylation sites is 1. The van der Waals surface area contributed by atoms with Crippen LogP contribution in [0.3, 0.4) is 0 Å². The van der Waals surface area contributed by atoms with E-state index in [1.807, 2.05) is 60.7 Å². The van der Waals surface area contributed by atoms with Crippen molar-refractivity contribution in [3.8, 4) is 5.75 Å². The first-order chi connectivity index (χ1) is 12.8. The summed E-state index contributed by atoms with van der Waals surface area (Å²) in [4.78, 5) is 18.4. The Morgan fingerprint density at radius 3 is 2.50 bits per heavy atom. The van der Waals surface area contributed by atoms with Crippen LogP contribution in [0, 0.1) is 0 Å². The smallest absolute Gasteiger partial charge is 0.260 e. The molecule has 1 aromatic heterocycles. The minimum Gasteiger partial charge on any atom is -0.484 e.